The van der Waals surface area contributed by atoms with Crippen molar-refractivity contribution in [1.29, 1.82) is 0 Å². The number of aromatic nitrogens is 1. The van der Waals surface area contributed by atoms with Crippen LogP contribution in [-0.4, -0.2) is 30.5 Å². The van der Waals surface area contributed by atoms with E-state index in [4.69, 9.17) is 5.73 Å². The minimum Gasteiger partial charge on any atom is -0.469 e. The zero-order valence-electron chi connectivity index (χ0n) is 8.86. The van der Waals surface area contributed by atoms with Crippen molar-refractivity contribution in [2.24, 2.45) is 5.73 Å². The van der Waals surface area contributed by atoms with E-state index in [0.29, 0.717) is 17.4 Å². The van der Waals surface area contributed by atoms with Gasteiger partial charge in [-0.05, 0) is 0 Å². The van der Waals surface area contributed by atoms with E-state index in [0.717, 1.165) is 0 Å². The number of esters is 1. The lowest BCUT2D eigenvalue weighted by Gasteiger charge is -1.98. The molecule has 0 saturated carbocycles. The van der Waals surface area contributed by atoms with Crippen molar-refractivity contribution in [2.45, 2.75) is 12.8 Å². The maximum atomic E-state index is 11.0. The molecule has 0 aromatic carbocycles. The Morgan fingerprint density at radius 2 is 2.38 bits per heavy atom. The van der Waals surface area contributed by atoms with Gasteiger partial charge >= 0.3 is 5.97 Å². The van der Waals surface area contributed by atoms with Gasteiger partial charge in [0.15, 0.2) is 5.13 Å². The van der Waals surface area contributed by atoms with E-state index in [1.54, 1.807) is 5.38 Å². The number of carbonyl (C=O) groups is 2. The highest BCUT2D eigenvalue weighted by atomic mass is 32.1. The molecule has 0 aliphatic carbocycles. The molecule has 0 saturated heterocycles. The van der Waals surface area contributed by atoms with Crippen molar-refractivity contribution in [2.75, 3.05) is 19.0 Å². The predicted octanol–water partition coefficient (Wildman–Crippen LogP) is 0.146. The van der Waals surface area contributed by atoms with Gasteiger partial charge in [-0.3, -0.25) is 9.59 Å². The summed E-state index contributed by atoms with van der Waals surface area (Å²) >= 11 is 1.37. The van der Waals surface area contributed by atoms with Gasteiger partial charge in [-0.1, -0.05) is 0 Å². The van der Waals surface area contributed by atoms with Crippen LogP contribution in [0.25, 0.3) is 0 Å². The largest absolute Gasteiger partial charge is 0.469 e. The number of amides is 1. The summed E-state index contributed by atoms with van der Waals surface area (Å²) < 4.78 is 4.52. The number of thiazole rings is 1. The highest BCUT2D eigenvalue weighted by Crippen LogP contribution is 2.15. The van der Waals surface area contributed by atoms with E-state index >= 15 is 0 Å². The number of nitrogens with zero attached hydrogens (tertiary/aromatic N) is 1. The Morgan fingerprint density at radius 1 is 1.62 bits per heavy atom. The lowest BCUT2D eigenvalue weighted by molar-refractivity contribution is -0.139. The van der Waals surface area contributed by atoms with Crippen molar-refractivity contribution in [3.05, 3.63) is 11.1 Å². The minimum atomic E-state index is -0.362. The number of anilines is 1. The Balaban J connectivity index is 2.39. The first-order valence-electron chi connectivity index (χ1n) is 4.65. The van der Waals surface area contributed by atoms with Gasteiger partial charge < -0.3 is 15.8 Å². The summed E-state index contributed by atoms with van der Waals surface area (Å²) in [7, 11) is 1.33. The van der Waals surface area contributed by atoms with Crippen LogP contribution in [0.3, 0.4) is 0 Å². The second-order valence-electron chi connectivity index (χ2n) is 3.04. The van der Waals surface area contributed by atoms with Crippen LogP contribution in [0.15, 0.2) is 5.38 Å². The van der Waals surface area contributed by atoms with Crippen LogP contribution >= 0.6 is 11.3 Å². The molecule has 16 heavy (non-hydrogen) atoms. The van der Waals surface area contributed by atoms with Crippen LogP contribution in [0.4, 0.5) is 5.13 Å². The third kappa shape index (κ3) is 4.26. The smallest absolute Gasteiger partial charge is 0.311 e. The topological polar surface area (TPSA) is 94.3 Å². The highest BCUT2D eigenvalue weighted by Gasteiger charge is 2.07. The van der Waals surface area contributed by atoms with Gasteiger partial charge in [0.25, 0.3) is 0 Å². The van der Waals surface area contributed by atoms with Gasteiger partial charge in [-0.15, -0.1) is 11.3 Å². The first-order chi connectivity index (χ1) is 7.61. The predicted molar refractivity (Wildman–Crippen MR) is 60.1 cm³/mol. The third-order valence-corrected chi connectivity index (χ3v) is 2.60. The molecular formula is C9H13N3O3S. The van der Waals surface area contributed by atoms with Crippen LogP contribution < -0.4 is 11.1 Å². The molecule has 0 bridgehead atoms. The monoisotopic (exact) mass is 243 g/mol. The molecule has 1 heterocycles. The summed E-state index contributed by atoms with van der Waals surface area (Å²) in [6.45, 7) is 0.445. The van der Waals surface area contributed by atoms with Gasteiger partial charge in [0.05, 0.1) is 19.2 Å². The summed E-state index contributed by atoms with van der Waals surface area (Å²) in [6.07, 6.45) is 0.413. The number of rotatable bonds is 6. The zero-order chi connectivity index (χ0) is 12.0. The molecule has 1 aromatic rings. The van der Waals surface area contributed by atoms with Crippen molar-refractivity contribution in [1.82, 2.24) is 4.98 Å². The fourth-order valence-electron chi connectivity index (χ4n) is 0.982. The first kappa shape index (κ1) is 12.4. The van der Waals surface area contributed by atoms with E-state index in [1.165, 1.54) is 18.4 Å². The standard InChI is InChI=1S/C9H13N3O3S/c1-15-8(14)4-6-5-16-9(12-6)11-3-2-7(10)13/h5H,2-4H2,1H3,(H2,10,13)(H,11,12). The molecule has 0 radical (unpaired) electrons. The Hall–Kier alpha value is -1.63. The van der Waals surface area contributed by atoms with Crippen molar-refractivity contribution < 1.29 is 14.3 Å². The molecule has 1 amide bonds. The maximum Gasteiger partial charge on any atom is 0.311 e. The third-order valence-electron chi connectivity index (χ3n) is 1.75. The van der Waals surface area contributed by atoms with Crippen LogP contribution in [0.2, 0.25) is 0 Å². The first-order valence-corrected chi connectivity index (χ1v) is 5.53. The second-order valence-corrected chi connectivity index (χ2v) is 3.90. The number of primary amides is 1. The average molecular weight is 243 g/mol. The van der Waals surface area contributed by atoms with E-state index in [1.807, 2.05) is 0 Å². The Labute approximate surface area is 96.8 Å². The Bertz CT molecular complexity index is 378. The molecule has 0 aliphatic heterocycles. The molecule has 0 aliphatic rings. The second kappa shape index (κ2) is 6.06. The molecule has 88 valence electrons. The quantitative estimate of drug-likeness (QED) is 0.693. The fraction of sp³-hybridized carbons (Fsp3) is 0.444. The minimum absolute atomic E-state index is 0.157. The summed E-state index contributed by atoms with van der Waals surface area (Å²) in [4.78, 5) is 25.6. The van der Waals surface area contributed by atoms with E-state index in [9.17, 15) is 9.59 Å². The van der Waals surface area contributed by atoms with Crippen LogP contribution in [0, 0.1) is 0 Å². The number of ether oxygens (including phenoxy) is 1. The van der Waals surface area contributed by atoms with Crippen molar-refractivity contribution in [3.63, 3.8) is 0 Å². The SMILES string of the molecule is COC(=O)Cc1csc(NCCC(N)=O)n1. The summed E-state index contributed by atoms with van der Waals surface area (Å²) in [6, 6.07) is 0. The number of nitrogens with one attached hydrogen (secondary N) is 1. The molecule has 7 heteroatoms. The zero-order valence-corrected chi connectivity index (χ0v) is 9.67. The molecule has 0 spiro atoms. The van der Waals surface area contributed by atoms with Gasteiger partial charge in [-0.25, -0.2) is 4.98 Å². The molecule has 1 aromatic heterocycles. The van der Waals surface area contributed by atoms with Gasteiger partial charge in [0.2, 0.25) is 5.91 Å². The molecule has 6 nitrogen and oxygen atoms in total. The molecule has 0 unspecified atom stereocenters. The number of methoxy groups -OCH3 is 1. The van der Waals surface area contributed by atoms with Crippen LogP contribution in [-0.2, 0) is 20.7 Å². The van der Waals surface area contributed by atoms with E-state index in [2.05, 4.69) is 15.0 Å². The molecule has 0 atom stereocenters. The van der Waals surface area contributed by atoms with Gasteiger partial charge in [-0.2, -0.15) is 0 Å². The summed E-state index contributed by atoms with van der Waals surface area (Å²) in [5.41, 5.74) is 5.64. The Kier molecular flexibility index (Phi) is 4.71. The lowest BCUT2D eigenvalue weighted by atomic mass is 10.3. The van der Waals surface area contributed by atoms with E-state index < -0.39 is 0 Å². The van der Waals surface area contributed by atoms with E-state index in [-0.39, 0.29) is 24.7 Å². The van der Waals surface area contributed by atoms with Crippen LogP contribution in [0.1, 0.15) is 12.1 Å². The highest BCUT2D eigenvalue weighted by molar-refractivity contribution is 7.13. The Morgan fingerprint density at radius 3 is 3.00 bits per heavy atom. The fourth-order valence-corrected chi connectivity index (χ4v) is 1.72. The molecule has 1 rings (SSSR count). The number of carbonyl (C=O) groups excluding carboxylic acids is 2. The molecule has 0 fully saturated rings. The molecular weight excluding hydrogens is 230 g/mol. The number of hydrogen-bond acceptors (Lipinski definition) is 6. The van der Waals surface area contributed by atoms with Crippen LogP contribution in [0.5, 0.6) is 0 Å². The maximum absolute atomic E-state index is 11.0. The summed E-state index contributed by atoms with van der Waals surface area (Å²) in [5, 5.41) is 5.38. The number of nitrogens with two attached hydrogens (primary N) is 1. The van der Waals surface area contributed by atoms with Crippen molar-refractivity contribution in [3.8, 4) is 0 Å². The van der Waals surface area contributed by atoms with Gasteiger partial charge in [0, 0.05) is 18.3 Å². The normalized spacial score (nSPS) is 9.81. The average Bonchev–Trinajstić information content (AvgIpc) is 2.65. The van der Waals surface area contributed by atoms with Gasteiger partial charge in [0.1, 0.15) is 0 Å². The number of hydrogen-bond donors (Lipinski definition) is 2. The molecule has 3 N–H and O–H groups in total. The lowest BCUT2D eigenvalue weighted by Crippen LogP contribution is -2.15. The summed E-state index contributed by atoms with van der Waals surface area (Å²) in [5.74, 6) is -0.687. The van der Waals surface area contributed by atoms with Crippen molar-refractivity contribution >= 4 is 28.3 Å².